The summed E-state index contributed by atoms with van der Waals surface area (Å²) in [6, 6.07) is 1.80. The predicted molar refractivity (Wildman–Crippen MR) is 69.2 cm³/mol. The Bertz CT molecular complexity index is 491. The summed E-state index contributed by atoms with van der Waals surface area (Å²) in [6.45, 7) is 1.94. The van der Waals surface area contributed by atoms with E-state index in [9.17, 15) is 18.4 Å². The molecule has 0 fully saturated rings. The van der Waals surface area contributed by atoms with E-state index in [0.717, 1.165) is 18.6 Å². The summed E-state index contributed by atoms with van der Waals surface area (Å²) in [5.41, 5.74) is -0.309. The molecule has 20 heavy (non-hydrogen) atoms. The molecule has 0 unspecified atom stereocenters. The molecule has 0 aliphatic rings. The Labute approximate surface area is 116 Å². The van der Waals surface area contributed by atoms with E-state index in [2.05, 4.69) is 10.1 Å². The number of halogens is 2. The van der Waals surface area contributed by atoms with Gasteiger partial charge in [-0.15, -0.1) is 0 Å². The Kier molecular flexibility index (Phi) is 6.09. The van der Waals surface area contributed by atoms with Crippen LogP contribution in [0.15, 0.2) is 18.2 Å². The fourth-order valence-corrected chi connectivity index (χ4v) is 1.71. The lowest BCUT2D eigenvalue weighted by Gasteiger charge is -2.16. The Morgan fingerprint density at radius 3 is 2.60 bits per heavy atom. The van der Waals surface area contributed by atoms with Crippen LogP contribution in [0.4, 0.5) is 8.78 Å². The fourth-order valence-electron chi connectivity index (χ4n) is 1.71. The minimum Gasteiger partial charge on any atom is -0.467 e. The molecule has 0 bridgehead atoms. The van der Waals surface area contributed by atoms with Crippen molar-refractivity contribution in [3.63, 3.8) is 0 Å². The molecule has 1 atom stereocenters. The molecule has 0 saturated carbocycles. The highest BCUT2D eigenvalue weighted by Gasteiger charge is 2.23. The average molecular weight is 285 g/mol. The van der Waals surface area contributed by atoms with E-state index in [1.54, 1.807) is 0 Å². The third-order valence-electron chi connectivity index (χ3n) is 2.81. The molecule has 1 amide bonds. The highest BCUT2D eigenvalue weighted by molar-refractivity contribution is 5.96. The highest BCUT2D eigenvalue weighted by atomic mass is 19.1. The van der Waals surface area contributed by atoms with E-state index in [4.69, 9.17) is 0 Å². The first kappa shape index (κ1) is 16.1. The number of esters is 1. The van der Waals surface area contributed by atoms with Crippen molar-refractivity contribution in [2.45, 2.75) is 32.2 Å². The molecule has 1 N–H and O–H groups in total. The first-order valence-corrected chi connectivity index (χ1v) is 6.33. The van der Waals surface area contributed by atoms with Gasteiger partial charge in [0.05, 0.1) is 12.7 Å². The first-order valence-electron chi connectivity index (χ1n) is 6.33. The molecule has 4 nitrogen and oxygen atoms in total. The summed E-state index contributed by atoms with van der Waals surface area (Å²) in [7, 11) is 1.21. The van der Waals surface area contributed by atoms with Crippen molar-refractivity contribution < 1.29 is 23.1 Å². The zero-order valence-corrected chi connectivity index (χ0v) is 11.4. The van der Waals surface area contributed by atoms with Gasteiger partial charge in [0, 0.05) is 6.07 Å². The van der Waals surface area contributed by atoms with Gasteiger partial charge in [-0.1, -0.05) is 19.8 Å². The molecular weight excluding hydrogens is 268 g/mol. The van der Waals surface area contributed by atoms with Crippen LogP contribution in [0.25, 0.3) is 0 Å². The molecule has 1 rings (SSSR count). The number of hydrogen-bond acceptors (Lipinski definition) is 3. The lowest BCUT2D eigenvalue weighted by atomic mass is 10.1. The minimum atomic E-state index is -0.971. The van der Waals surface area contributed by atoms with Crippen LogP contribution in [-0.4, -0.2) is 25.0 Å². The molecule has 1 aromatic rings. The van der Waals surface area contributed by atoms with E-state index in [-0.39, 0.29) is 5.56 Å². The van der Waals surface area contributed by atoms with E-state index >= 15 is 0 Å². The van der Waals surface area contributed by atoms with Gasteiger partial charge in [0.25, 0.3) is 5.91 Å². The summed E-state index contributed by atoms with van der Waals surface area (Å²) in [5.74, 6) is -3.10. The van der Waals surface area contributed by atoms with Crippen molar-refractivity contribution in [3.8, 4) is 0 Å². The second-order valence-electron chi connectivity index (χ2n) is 4.32. The van der Waals surface area contributed by atoms with E-state index in [1.807, 2.05) is 6.92 Å². The van der Waals surface area contributed by atoms with Crippen molar-refractivity contribution >= 4 is 11.9 Å². The van der Waals surface area contributed by atoms with Crippen LogP contribution in [0.1, 0.15) is 36.5 Å². The number of amides is 1. The van der Waals surface area contributed by atoms with E-state index < -0.39 is 29.6 Å². The second kappa shape index (κ2) is 7.57. The van der Waals surface area contributed by atoms with Gasteiger partial charge in [0.2, 0.25) is 0 Å². The maximum atomic E-state index is 13.5. The van der Waals surface area contributed by atoms with Gasteiger partial charge in [-0.3, -0.25) is 4.79 Å². The third kappa shape index (κ3) is 4.29. The average Bonchev–Trinajstić information content (AvgIpc) is 2.42. The van der Waals surface area contributed by atoms with Crippen molar-refractivity contribution in [3.05, 3.63) is 35.4 Å². The molecule has 0 heterocycles. The van der Waals surface area contributed by atoms with Crippen LogP contribution in [0.5, 0.6) is 0 Å². The van der Waals surface area contributed by atoms with Crippen LogP contribution in [0.2, 0.25) is 0 Å². The van der Waals surface area contributed by atoms with Crippen molar-refractivity contribution in [1.82, 2.24) is 5.32 Å². The zero-order chi connectivity index (χ0) is 15.1. The molecule has 6 heteroatoms. The Morgan fingerprint density at radius 1 is 1.35 bits per heavy atom. The van der Waals surface area contributed by atoms with Gasteiger partial charge in [-0.05, 0) is 18.6 Å². The van der Waals surface area contributed by atoms with Gasteiger partial charge in [0.15, 0.2) is 0 Å². The lowest BCUT2D eigenvalue weighted by Crippen LogP contribution is -2.41. The second-order valence-corrected chi connectivity index (χ2v) is 4.32. The topological polar surface area (TPSA) is 55.4 Å². The summed E-state index contributed by atoms with van der Waals surface area (Å²) >= 11 is 0. The van der Waals surface area contributed by atoms with Crippen LogP contribution in [-0.2, 0) is 9.53 Å². The Balaban J connectivity index is 2.81. The summed E-state index contributed by atoms with van der Waals surface area (Å²) in [4.78, 5) is 23.4. The zero-order valence-electron chi connectivity index (χ0n) is 11.4. The summed E-state index contributed by atoms with van der Waals surface area (Å²) in [6.07, 6.45) is 1.96. The molecule has 110 valence electrons. The maximum Gasteiger partial charge on any atom is 0.328 e. The van der Waals surface area contributed by atoms with Crippen molar-refractivity contribution in [2.75, 3.05) is 7.11 Å². The number of unbranched alkanes of at least 4 members (excludes halogenated alkanes) is 1. The number of hydrogen-bond donors (Lipinski definition) is 1. The molecule has 0 spiro atoms. The van der Waals surface area contributed by atoms with Crippen molar-refractivity contribution in [1.29, 1.82) is 0 Å². The van der Waals surface area contributed by atoms with Crippen LogP contribution >= 0.6 is 0 Å². The number of methoxy groups -OCH3 is 1. The first-order chi connectivity index (χ1) is 9.49. The number of rotatable bonds is 6. The van der Waals surface area contributed by atoms with E-state index in [1.165, 1.54) is 7.11 Å². The van der Waals surface area contributed by atoms with Crippen LogP contribution in [0, 0.1) is 11.6 Å². The quantitative estimate of drug-likeness (QED) is 0.817. The summed E-state index contributed by atoms with van der Waals surface area (Å²) < 4.78 is 30.8. The summed E-state index contributed by atoms with van der Waals surface area (Å²) in [5, 5.41) is 2.40. The Morgan fingerprint density at radius 2 is 2.05 bits per heavy atom. The lowest BCUT2D eigenvalue weighted by molar-refractivity contribution is -0.143. The van der Waals surface area contributed by atoms with Gasteiger partial charge in [-0.2, -0.15) is 0 Å². The van der Waals surface area contributed by atoms with Gasteiger partial charge >= 0.3 is 5.97 Å². The standard InChI is InChI=1S/C14H17F2NO3/c1-3-4-5-12(14(19)20-2)17-13(18)10-7-6-9(15)8-11(10)16/h6-8,12H,3-5H2,1-2H3,(H,17,18)/t12-/m0/s1. The fraction of sp³-hybridized carbons (Fsp3) is 0.429. The molecule has 0 aliphatic carbocycles. The van der Waals surface area contributed by atoms with E-state index in [0.29, 0.717) is 18.9 Å². The predicted octanol–water partition coefficient (Wildman–Crippen LogP) is 2.43. The number of ether oxygens (including phenoxy) is 1. The maximum absolute atomic E-state index is 13.5. The van der Waals surface area contributed by atoms with Gasteiger partial charge in [0.1, 0.15) is 17.7 Å². The monoisotopic (exact) mass is 285 g/mol. The van der Waals surface area contributed by atoms with Crippen LogP contribution in [0.3, 0.4) is 0 Å². The SMILES string of the molecule is CCCC[C@H](NC(=O)c1ccc(F)cc1F)C(=O)OC. The Hall–Kier alpha value is -1.98. The molecular formula is C14H17F2NO3. The van der Waals surface area contributed by atoms with Gasteiger partial charge in [-0.25, -0.2) is 13.6 Å². The number of benzene rings is 1. The third-order valence-corrected chi connectivity index (χ3v) is 2.81. The highest BCUT2D eigenvalue weighted by Crippen LogP contribution is 2.11. The van der Waals surface area contributed by atoms with Crippen molar-refractivity contribution in [2.24, 2.45) is 0 Å². The molecule has 0 aliphatic heterocycles. The number of carbonyl (C=O) groups is 2. The number of nitrogens with one attached hydrogen (secondary N) is 1. The molecule has 0 aromatic heterocycles. The molecule has 1 aromatic carbocycles. The van der Waals surface area contributed by atoms with Crippen LogP contribution < -0.4 is 5.32 Å². The minimum absolute atomic E-state index is 0.309. The molecule has 0 saturated heterocycles. The molecule has 0 radical (unpaired) electrons. The number of carbonyl (C=O) groups excluding carboxylic acids is 2. The smallest absolute Gasteiger partial charge is 0.328 e. The largest absolute Gasteiger partial charge is 0.467 e. The normalized spacial score (nSPS) is 11.8. The van der Waals surface area contributed by atoms with Gasteiger partial charge < -0.3 is 10.1 Å².